The first-order valence-electron chi connectivity index (χ1n) is 6.41. The maximum Gasteiger partial charge on any atom is 0.146 e. The van der Waals surface area contributed by atoms with Crippen molar-refractivity contribution in [2.24, 2.45) is 0 Å². The normalized spacial score (nSPS) is 11.4. The molecule has 0 aliphatic rings. The number of aryl methyl sites for hydroxylation is 1. The fourth-order valence-electron chi connectivity index (χ4n) is 1.78. The van der Waals surface area contributed by atoms with Crippen LogP contribution in [0.2, 0.25) is 5.02 Å². The van der Waals surface area contributed by atoms with Gasteiger partial charge in [0.15, 0.2) is 0 Å². The van der Waals surface area contributed by atoms with Gasteiger partial charge >= 0.3 is 0 Å². The molecule has 2 heteroatoms. The van der Waals surface area contributed by atoms with Gasteiger partial charge in [0.1, 0.15) is 11.5 Å². The van der Waals surface area contributed by atoms with Crippen LogP contribution in [0.15, 0.2) is 42.5 Å². The average molecular weight is 275 g/mol. The highest BCUT2D eigenvalue weighted by Crippen LogP contribution is 2.34. The average Bonchev–Trinajstić information content (AvgIpc) is 2.33. The molecule has 0 spiro atoms. The van der Waals surface area contributed by atoms with Gasteiger partial charge in [-0.2, -0.15) is 0 Å². The summed E-state index contributed by atoms with van der Waals surface area (Å²) in [4.78, 5) is 0. The molecule has 0 saturated carbocycles. The van der Waals surface area contributed by atoms with E-state index in [9.17, 15) is 0 Å². The van der Waals surface area contributed by atoms with Crippen LogP contribution >= 0.6 is 11.6 Å². The first kappa shape index (κ1) is 14.0. The van der Waals surface area contributed by atoms with E-state index in [-0.39, 0.29) is 5.41 Å². The second-order valence-electron chi connectivity index (χ2n) is 5.81. The lowest BCUT2D eigenvalue weighted by Crippen LogP contribution is -2.10. The minimum atomic E-state index is 0.0793. The molecule has 0 atom stereocenters. The van der Waals surface area contributed by atoms with Crippen LogP contribution in [0.4, 0.5) is 0 Å². The van der Waals surface area contributed by atoms with Crippen molar-refractivity contribution in [3.05, 3.63) is 58.6 Å². The van der Waals surface area contributed by atoms with E-state index in [1.165, 1.54) is 11.1 Å². The highest BCUT2D eigenvalue weighted by atomic mass is 35.5. The van der Waals surface area contributed by atoms with Gasteiger partial charge in [-0.1, -0.05) is 56.1 Å². The van der Waals surface area contributed by atoms with E-state index in [0.717, 1.165) is 5.75 Å². The molecule has 0 radical (unpaired) electrons. The molecule has 100 valence electrons. The Hall–Kier alpha value is -1.47. The van der Waals surface area contributed by atoms with E-state index in [1.54, 1.807) is 0 Å². The van der Waals surface area contributed by atoms with Gasteiger partial charge in [0, 0.05) is 0 Å². The fraction of sp³-hybridized carbons (Fsp3) is 0.294. The number of hydrogen-bond acceptors (Lipinski definition) is 1. The van der Waals surface area contributed by atoms with Crippen molar-refractivity contribution < 1.29 is 4.74 Å². The molecule has 0 amide bonds. The number of hydrogen-bond donors (Lipinski definition) is 0. The first-order valence-corrected chi connectivity index (χ1v) is 6.78. The molecule has 19 heavy (non-hydrogen) atoms. The van der Waals surface area contributed by atoms with Crippen molar-refractivity contribution in [1.29, 1.82) is 0 Å². The lowest BCUT2D eigenvalue weighted by molar-refractivity contribution is 0.478. The molecule has 0 aromatic heterocycles. The predicted octanol–water partition coefficient (Wildman–Crippen LogP) is 5.74. The predicted molar refractivity (Wildman–Crippen MR) is 81.4 cm³/mol. The minimum Gasteiger partial charge on any atom is -0.456 e. The number of ether oxygens (including phenoxy) is 1. The summed E-state index contributed by atoms with van der Waals surface area (Å²) in [7, 11) is 0. The summed E-state index contributed by atoms with van der Waals surface area (Å²) in [6.07, 6.45) is 0. The Balaban J connectivity index is 2.31. The Morgan fingerprint density at radius 3 is 2.16 bits per heavy atom. The molecule has 0 N–H and O–H groups in total. The van der Waals surface area contributed by atoms with E-state index < -0.39 is 0 Å². The minimum absolute atomic E-state index is 0.0793. The van der Waals surface area contributed by atoms with Crippen molar-refractivity contribution >= 4 is 11.6 Å². The van der Waals surface area contributed by atoms with Gasteiger partial charge in [-0.15, -0.1) is 0 Å². The fourth-order valence-corrected chi connectivity index (χ4v) is 1.94. The van der Waals surface area contributed by atoms with Gasteiger partial charge in [-0.3, -0.25) is 0 Å². The van der Waals surface area contributed by atoms with Crippen LogP contribution in [0.3, 0.4) is 0 Å². The molecule has 0 heterocycles. The van der Waals surface area contributed by atoms with Gasteiger partial charge < -0.3 is 4.74 Å². The van der Waals surface area contributed by atoms with E-state index in [0.29, 0.717) is 10.8 Å². The maximum atomic E-state index is 6.20. The second-order valence-corrected chi connectivity index (χ2v) is 6.22. The van der Waals surface area contributed by atoms with Gasteiger partial charge in [-0.05, 0) is 42.2 Å². The quantitative estimate of drug-likeness (QED) is 0.679. The third-order valence-corrected chi connectivity index (χ3v) is 3.36. The molecule has 2 aromatic rings. The molecule has 0 saturated heterocycles. The zero-order chi connectivity index (χ0) is 14.0. The zero-order valence-corrected chi connectivity index (χ0v) is 12.6. The summed E-state index contributed by atoms with van der Waals surface area (Å²) in [6, 6.07) is 13.9. The molecule has 2 aromatic carbocycles. The zero-order valence-electron chi connectivity index (χ0n) is 11.8. The number of rotatable bonds is 2. The third-order valence-electron chi connectivity index (χ3n) is 3.05. The highest BCUT2D eigenvalue weighted by molar-refractivity contribution is 6.32. The smallest absolute Gasteiger partial charge is 0.146 e. The van der Waals surface area contributed by atoms with E-state index in [2.05, 4.69) is 27.7 Å². The van der Waals surface area contributed by atoms with E-state index in [1.807, 2.05) is 42.5 Å². The number of halogens is 1. The molecular weight excluding hydrogens is 256 g/mol. The van der Waals surface area contributed by atoms with Crippen molar-refractivity contribution in [3.63, 3.8) is 0 Å². The van der Waals surface area contributed by atoms with Crippen molar-refractivity contribution in [3.8, 4) is 11.5 Å². The third kappa shape index (κ3) is 3.51. The van der Waals surface area contributed by atoms with Crippen LogP contribution < -0.4 is 4.74 Å². The topological polar surface area (TPSA) is 9.23 Å². The molecule has 1 nitrogen and oxygen atoms in total. The summed E-state index contributed by atoms with van der Waals surface area (Å²) >= 11 is 6.20. The molecule has 0 fully saturated rings. The molecule has 2 rings (SSSR count). The van der Waals surface area contributed by atoms with Gasteiger partial charge in [0.25, 0.3) is 0 Å². The van der Waals surface area contributed by atoms with Gasteiger partial charge in [-0.25, -0.2) is 0 Å². The molecule has 0 aliphatic carbocycles. The highest BCUT2D eigenvalue weighted by Gasteiger charge is 2.16. The van der Waals surface area contributed by atoms with Crippen LogP contribution in [-0.2, 0) is 5.41 Å². The Morgan fingerprint density at radius 1 is 0.947 bits per heavy atom. The Bertz CT molecular complexity index is 565. The summed E-state index contributed by atoms with van der Waals surface area (Å²) in [5, 5.41) is 0.633. The molecule has 0 bridgehead atoms. The lowest BCUT2D eigenvalue weighted by Gasteiger charge is -2.20. The summed E-state index contributed by atoms with van der Waals surface area (Å²) in [5.74, 6) is 1.51. The molecule has 0 aliphatic heterocycles. The van der Waals surface area contributed by atoms with Crippen molar-refractivity contribution in [1.82, 2.24) is 0 Å². The molecule has 0 unspecified atom stereocenters. The van der Waals surface area contributed by atoms with Crippen molar-refractivity contribution in [2.75, 3.05) is 0 Å². The van der Waals surface area contributed by atoms with Gasteiger partial charge in [0.2, 0.25) is 0 Å². The van der Waals surface area contributed by atoms with Gasteiger partial charge in [0.05, 0.1) is 5.02 Å². The Kier molecular flexibility index (Phi) is 3.86. The van der Waals surface area contributed by atoms with E-state index >= 15 is 0 Å². The van der Waals surface area contributed by atoms with Crippen LogP contribution in [-0.4, -0.2) is 0 Å². The number of benzene rings is 2. The van der Waals surface area contributed by atoms with Crippen LogP contribution in [0.1, 0.15) is 31.9 Å². The first-order chi connectivity index (χ1) is 8.86. The Morgan fingerprint density at radius 2 is 1.58 bits per heavy atom. The summed E-state index contributed by atoms with van der Waals surface area (Å²) < 4.78 is 5.87. The SMILES string of the molecule is Cc1ccc(Oc2cc(C(C)(C)C)ccc2Cl)cc1. The summed E-state index contributed by atoms with van der Waals surface area (Å²) in [6.45, 7) is 8.57. The standard InChI is InChI=1S/C17H19ClO/c1-12-5-8-14(9-6-12)19-16-11-13(17(2,3)4)7-10-15(16)18/h5-11H,1-4H3. The van der Waals surface area contributed by atoms with Crippen LogP contribution in [0.5, 0.6) is 11.5 Å². The Labute approximate surface area is 120 Å². The van der Waals surface area contributed by atoms with E-state index in [4.69, 9.17) is 16.3 Å². The van der Waals surface area contributed by atoms with Crippen LogP contribution in [0, 0.1) is 6.92 Å². The van der Waals surface area contributed by atoms with Crippen molar-refractivity contribution in [2.45, 2.75) is 33.1 Å². The second kappa shape index (κ2) is 5.26. The maximum absolute atomic E-state index is 6.20. The molecular formula is C17H19ClO. The largest absolute Gasteiger partial charge is 0.456 e. The van der Waals surface area contributed by atoms with Crippen LogP contribution in [0.25, 0.3) is 0 Å². The monoisotopic (exact) mass is 274 g/mol. The summed E-state index contributed by atoms with van der Waals surface area (Å²) in [5.41, 5.74) is 2.50. The lowest BCUT2D eigenvalue weighted by atomic mass is 9.87.